The van der Waals surface area contributed by atoms with Crippen molar-refractivity contribution in [1.82, 2.24) is 9.80 Å². The highest BCUT2D eigenvalue weighted by Gasteiger charge is 2.81. The first-order valence-corrected chi connectivity index (χ1v) is 21.8. The van der Waals surface area contributed by atoms with Crippen molar-refractivity contribution in [3.05, 3.63) is 93.1 Å². The first kappa shape index (κ1) is 41.2. The molecule has 3 fully saturated rings. The standard InChI is InChI=1S/C50H58N2O9/c1-29(2)10-9-17-48(8)18-16-34-41(53)40-42(54)36-25-33-26-39-47(6,7)61-49(45(33)55,50(36,39)60-44(40)35(43(34)59-48)13-11-30(3)4)19-15-31(5)46(56)52-22-20-51(21-23-52)27-32-12-14-37-38(24-32)58-28-57-37/h10-12,14-16,18,24-25,33,39,53H,9,13,17,19-23,26-28H2,1-8H3. The second-order valence-electron chi connectivity index (χ2n) is 19.2. The van der Waals surface area contributed by atoms with Gasteiger partial charge in [-0.1, -0.05) is 41.5 Å². The Bertz CT molecular complexity index is 2390. The molecule has 4 bridgehead atoms. The van der Waals surface area contributed by atoms with Crippen LogP contribution >= 0.6 is 0 Å². The Hall–Kier alpha value is -5.13. The largest absolute Gasteiger partial charge is 0.506 e. The Kier molecular flexibility index (Phi) is 9.98. The van der Waals surface area contributed by atoms with Crippen molar-refractivity contribution >= 4 is 23.5 Å². The highest BCUT2D eigenvalue weighted by molar-refractivity contribution is 6.19. The summed E-state index contributed by atoms with van der Waals surface area (Å²) in [5.41, 5.74) is 0.819. The number of carbonyl (C=O) groups is 3. The molecule has 10 rings (SSSR count). The Balaban J connectivity index is 1.04. The van der Waals surface area contributed by atoms with Crippen LogP contribution in [0.25, 0.3) is 6.08 Å². The molecule has 61 heavy (non-hydrogen) atoms. The molecule has 2 aromatic carbocycles. The number of hydrogen-bond acceptors (Lipinski definition) is 10. The van der Waals surface area contributed by atoms with Crippen LogP contribution in [0.2, 0.25) is 0 Å². The smallest absolute Gasteiger partial charge is 0.249 e. The van der Waals surface area contributed by atoms with Crippen LogP contribution in [-0.2, 0) is 27.3 Å². The van der Waals surface area contributed by atoms with Crippen molar-refractivity contribution in [1.29, 1.82) is 0 Å². The van der Waals surface area contributed by atoms with E-state index in [4.69, 9.17) is 23.7 Å². The van der Waals surface area contributed by atoms with Gasteiger partial charge in [0.1, 0.15) is 28.4 Å². The lowest BCUT2D eigenvalue weighted by Gasteiger charge is -2.56. The number of ether oxygens (including phenoxy) is 5. The Morgan fingerprint density at radius 3 is 2.39 bits per heavy atom. The molecule has 1 amide bonds. The van der Waals surface area contributed by atoms with E-state index in [1.807, 2.05) is 75.9 Å². The Morgan fingerprint density at radius 2 is 1.66 bits per heavy atom. The van der Waals surface area contributed by atoms with Gasteiger partial charge in [-0.3, -0.25) is 19.3 Å². The minimum absolute atomic E-state index is 0.0474. The molecule has 2 aromatic rings. The summed E-state index contributed by atoms with van der Waals surface area (Å²) in [7, 11) is 0. The number of allylic oxidation sites excluding steroid dienone is 5. The lowest BCUT2D eigenvalue weighted by molar-refractivity contribution is -0.171. The van der Waals surface area contributed by atoms with E-state index < -0.39 is 28.3 Å². The Labute approximate surface area is 358 Å². The number of nitrogens with zero attached hydrogens (tertiary/aromatic N) is 2. The first-order valence-electron chi connectivity index (χ1n) is 21.8. The van der Waals surface area contributed by atoms with Crippen LogP contribution in [0, 0.1) is 11.8 Å². The maximum atomic E-state index is 15.1. The average molecular weight is 831 g/mol. The van der Waals surface area contributed by atoms with Crippen LogP contribution in [0.1, 0.15) is 108 Å². The van der Waals surface area contributed by atoms with Crippen molar-refractivity contribution in [2.24, 2.45) is 11.8 Å². The number of ketones is 2. The van der Waals surface area contributed by atoms with Gasteiger partial charge in [0.05, 0.1) is 11.2 Å². The van der Waals surface area contributed by atoms with Crippen molar-refractivity contribution in [2.45, 2.75) is 116 Å². The summed E-state index contributed by atoms with van der Waals surface area (Å²) in [5.74, 6) is 0.469. The maximum absolute atomic E-state index is 15.1. The maximum Gasteiger partial charge on any atom is 0.249 e. The summed E-state index contributed by atoms with van der Waals surface area (Å²) in [6.07, 6.45) is 14.0. The third-order valence-electron chi connectivity index (χ3n) is 14.0. The second-order valence-corrected chi connectivity index (χ2v) is 19.2. The van der Waals surface area contributed by atoms with Crippen molar-refractivity contribution in [3.8, 4) is 28.7 Å². The zero-order valence-electron chi connectivity index (χ0n) is 36.7. The number of rotatable bonds is 10. The molecule has 5 heterocycles. The average Bonchev–Trinajstić information content (AvgIpc) is 3.74. The van der Waals surface area contributed by atoms with Gasteiger partial charge in [0.15, 0.2) is 34.3 Å². The monoisotopic (exact) mass is 830 g/mol. The van der Waals surface area contributed by atoms with Crippen LogP contribution in [0.15, 0.2) is 70.9 Å². The van der Waals surface area contributed by atoms with Crippen LogP contribution in [-0.4, -0.2) is 87.8 Å². The quantitative estimate of drug-likeness (QED) is 0.185. The van der Waals surface area contributed by atoms with Gasteiger partial charge >= 0.3 is 0 Å². The molecule has 2 saturated heterocycles. The molecule has 322 valence electrons. The molecule has 5 unspecified atom stereocenters. The molecule has 11 nitrogen and oxygen atoms in total. The number of aromatic hydroxyl groups is 1. The van der Waals surface area contributed by atoms with Crippen LogP contribution in [0.5, 0.6) is 28.7 Å². The van der Waals surface area contributed by atoms with E-state index in [0.717, 1.165) is 35.6 Å². The number of Topliss-reactive ketones (excluding diaryl/α,β-unsaturated/α-hetero) is 2. The Morgan fingerprint density at radius 1 is 0.918 bits per heavy atom. The van der Waals surface area contributed by atoms with Gasteiger partial charge in [0.25, 0.3) is 0 Å². The third-order valence-corrected chi connectivity index (χ3v) is 14.0. The van der Waals surface area contributed by atoms with E-state index in [1.165, 1.54) is 5.57 Å². The van der Waals surface area contributed by atoms with Gasteiger partial charge in [0.2, 0.25) is 12.7 Å². The summed E-state index contributed by atoms with van der Waals surface area (Å²) in [4.78, 5) is 48.3. The number of phenols is 1. The normalized spacial score (nSPS) is 29.0. The van der Waals surface area contributed by atoms with Crippen molar-refractivity contribution in [3.63, 3.8) is 0 Å². The van der Waals surface area contributed by atoms with E-state index in [0.29, 0.717) is 73.5 Å². The zero-order valence-corrected chi connectivity index (χ0v) is 36.7. The van der Waals surface area contributed by atoms with Gasteiger partial charge in [-0.15, -0.1) is 0 Å². The first-order chi connectivity index (χ1) is 29.0. The van der Waals surface area contributed by atoms with Crippen molar-refractivity contribution < 1.29 is 43.2 Å². The van der Waals surface area contributed by atoms with E-state index >= 15 is 4.79 Å². The van der Waals surface area contributed by atoms with Gasteiger partial charge < -0.3 is 33.7 Å². The predicted molar refractivity (Wildman–Crippen MR) is 231 cm³/mol. The lowest BCUT2D eigenvalue weighted by atomic mass is 9.51. The summed E-state index contributed by atoms with van der Waals surface area (Å²) >= 11 is 0. The molecule has 3 aliphatic carbocycles. The molecule has 5 aliphatic heterocycles. The van der Waals surface area contributed by atoms with Crippen LogP contribution in [0.3, 0.4) is 0 Å². The van der Waals surface area contributed by atoms with Gasteiger partial charge in [-0.05, 0) is 111 Å². The minimum atomic E-state index is -1.59. The lowest BCUT2D eigenvalue weighted by Crippen LogP contribution is -2.72. The number of phenolic OH excluding ortho intramolecular Hbond substituents is 1. The predicted octanol–water partition coefficient (Wildman–Crippen LogP) is 8.23. The zero-order chi connectivity index (χ0) is 43.2. The number of piperazine rings is 1. The summed E-state index contributed by atoms with van der Waals surface area (Å²) in [6.45, 7) is 19.4. The number of carbonyl (C=O) groups excluding carboxylic acids is 3. The highest BCUT2D eigenvalue weighted by Crippen LogP contribution is 2.68. The third kappa shape index (κ3) is 6.56. The van der Waals surface area contributed by atoms with Gasteiger partial charge in [0, 0.05) is 67.7 Å². The fraction of sp³-hybridized carbons (Fsp3) is 0.500. The van der Waals surface area contributed by atoms with Gasteiger partial charge in [-0.2, -0.15) is 0 Å². The summed E-state index contributed by atoms with van der Waals surface area (Å²) < 4.78 is 32.3. The van der Waals surface area contributed by atoms with Crippen LogP contribution in [0.4, 0.5) is 0 Å². The molecule has 1 N–H and O–H groups in total. The van der Waals surface area contributed by atoms with E-state index in [1.54, 1.807) is 13.0 Å². The fourth-order valence-corrected chi connectivity index (χ4v) is 10.8. The molecule has 8 aliphatic rings. The topological polar surface area (TPSA) is 124 Å². The molecular formula is C50H58N2O9. The molecule has 0 radical (unpaired) electrons. The molecule has 5 atom stereocenters. The van der Waals surface area contributed by atoms with E-state index in [9.17, 15) is 14.7 Å². The highest BCUT2D eigenvalue weighted by atomic mass is 16.7. The van der Waals surface area contributed by atoms with E-state index in [2.05, 4.69) is 30.9 Å². The molecular weight excluding hydrogens is 773 g/mol. The number of benzene rings is 2. The van der Waals surface area contributed by atoms with Gasteiger partial charge in [-0.25, -0.2) is 0 Å². The number of hydrogen-bond donors (Lipinski definition) is 1. The minimum Gasteiger partial charge on any atom is -0.506 e. The second kappa shape index (κ2) is 14.8. The molecule has 11 heteroatoms. The molecule has 1 saturated carbocycles. The molecule has 0 aromatic heterocycles. The number of amides is 1. The summed E-state index contributed by atoms with van der Waals surface area (Å²) in [5, 5.41) is 12.0. The fourth-order valence-electron chi connectivity index (χ4n) is 10.8. The van der Waals surface area contributed by atoms with Crippen LogP contribution < -0.4 is 18.9 Å². The molecule has 1 spiro atoms. The SMILES string of the molecule is CC(C)=CCCC1(C)C=Cc2c(O)c3c(c(CC=C(C)C)c2O1)OC12C(=CC4CC1C(C)(C)OC2(CC=C(C)C(=O)N1CCN(Cc2ccc5c(c2)OCO5)CC1)C4=O)C3=O. The van der Waals surface area contributed by atoms with E-state index in [-0.39, 0.29) is 53.7 Å². The number of fused-ring (bicyclic) bond motifs is 3. The van der Waals surface area contributed by atoms with Crippen molar-refractivity contribution in [2.75, 3.05) is 33.0 Å². The summed E-state index contributed by atoms with van der Waals surface area (Å²) in [6, 6.07) is 6.00.